The Bertz CT molecular complexity index is 190. The largest absolute Gasteiger partial charge is 0.504 e. The molecule has 0 heterocycles. The third kappa shape index (κ3) is 2.63. The molecule has 0 saturated carbocycles. The zero-order chi connectivity index (χ0) is 9.78. The van der Waals surface area contributed by atoms with E-state index in [1.165, 1.54) is 13.4 Å². The van der Waals surface area contributed by atoms with Gasteiger partial charge in [0.15, 0.2) is 0 Å². The van der Waals surface area contributed by atoms with Crippen molar-refractivity contribution in [2.24, 2.45) is 0 Å². The molecule has 0 unspecified atom stereocenters. The first-order chi connectivity index (χ1) is 5.45. The minimum Gasteiger partial charge on any atom is -0.504 e. The Morgan fingerprint density at radius 2 is 1.58 bits per heavy atom. The van der Waals surface area contributed by atoms with E-state index in [2.05, 4.69) is 0 Å². The summed E-state index contributed by atoms with van der Waals surface area (Å²) in [7, 11) is 6.13. The van der Waals surface area contributed by atoms with E-state index in [9.17, 15) is 4.57 Å². The number of methoxy groups -OCH3 is 1. The van der Waals surface area contributed by atoms with Crippen molar-refractivity contribution in [3.05, 3.63) is 12.1 Å². The highest BCUT2D eigenvalue weighted by atomic mass is 31.2. The number of nitrogens with zero attached hydrogens (tertiary/aromatic N) is 2. The Kier molecular flexibility index (Phi) is 4.53. The summed E-state index contributed by atoms with van der Waals surface area (Å²) in [5.41, 5.74) is 0. The molecule has 72 valence electrons. The van der Waals surface area contributed by atoms with Gasteiger partial charge in [0, 0.05) is 5.82 Å². The van der Waals surface area contributed by atoms with Crippen LogP contribution in [-0.2, 0) is 9.30 Å². The fourth-order valence-corrected chi connectivity index (χ4v) is 2.29. The van der Waals surface area contributed by atoms with Gasteiger partial charge in [0.2, 0.25) is 7.44 Å². The average Bonchev–Trinajstić information content (AvgIpc) is 1.99. The van der Waals surface area contributed by atoms with Crippen molar-refractivity contribution in [1.29, 1.82) is 0 Å². The van der Waals surface area contributed by atoms with Crippen LogP contribution in [0.15, 0.2) is 12.1 Å². The molecule has 0 aliphatic rings. The molecule has 0 atom stereocenters. The van der Waals surface area contributed by atoms with Gasteiger partial charge in [0.1, 0.15) is 0 Å². The minimum absolute atomic E-state index is 1.45. The zero-order valence-electron chi connectivity index (χ0n) is 8.31. The van der Waals surface area contributed by atoms with Crippen molar-refractivity contribution < 1.29 is 9.30 Å². The maximum Gasteiger partial charge on any atom is 0.240 e. The van der Waals surface area contributed by atoms with Gasteiger partial charge in [0.25, 0.3) is 0 Å². The first kappa shape index (κ1) is 11.7. The van der Waals surface area contributed by atoms with Crippen molar-refractivity contribution in [1.82, 2.24) is 9.34 Å². The van der Waals surface area contributed by atoms with Crippen LogP contribution in [0.25, 0.3) is 0 Å². The molecular formula is C7H17N2O2P. The van der Waals surface area contributed by atoms with Crippen LogP contribution in [0, 0.1) is 0 Å². The smallest absolute Gasteiger partial charge is 0.240 e. The molecule has 4 nitrogen and oxygen atoms in total. The molecule has 0 rings (SSSR count). The summed E-state index contributed by atoms with van der Waals surface area (Å²) >= 11 is 0. The summed E-state index contributed by atoms with van der Waals surface area (Å²) in [6.45, 7) is 0. The van der Waals surface area contributed by atoms with Gasteiger partial charge in [-0.3, -0.25) is 4.57 Å². The average molecular weight is 192 g/mol. The van der Waals surface area contributed by atoms with E-state index in [1.807, 2.05) is 0 Å². The fourth-order valence-electron chi connectivity index (χ4n) is 0.765. The summed E-state index contributed by atoms with van der Waals surface area (Å²) in [6, 6.07) is 0. The standard InChI is InChI=1S/C7H17N2O2P/c1-8(2)12(10,9(3)4)7-6-11-5/h6-7H,1-5H3/b7-6+. The number of hydrogen-bond acceptors (Lipinski definition) is 2. The van der Waals surface area contributed by atoms with Crippen molar-refractivity contribution in [3.63, 3.8) is 0 Å². The Morgan fingerprint density at radius 3 is 1.83 bits per heavy atom. The molecule has 0 aliphatic heterocycles. The van der Waals surface area contributed by atoms with Crippen LogP contribution in [0.4, 0.5) is 0 Å². The van der Waals surface area contributed by atoms with Crippen LogP contribution in [0.1, 0.15) is 0 Å². The van der Waals surface area contributed by atoms with E-state index >= 15 is 0 Å². The lowest BCUT2D eigenvalue weighted by atomic mass is 11.1. The zero-order valence-corrected chi connectivity index (χ0v) is 9.21. The molecule has 0 bridgehead atoms. The highest BCUT2D eigenvalue weighted by Gasteiger charge is 2.24. The van der Waals surface area contributed by atoms with Crippen LogP contribution in [0.5, 0.6) is 0 Å². The Hall–Kier alpha value is -0.310. The Labute approximate surface area is 74.3 Å². The third-order valence-electron chi connectivity index (χ3n) is 1.54. The number of hydrogen-bond donors (Lipinski definition) is 0. The molecule has 0 saturated heterocycles. The van der Waals surface area contributed by atoms with E-state index < -0.39 is 7.44 Å². The molecule has 0 aromatic carbocycles. The normalized spacial score (nSPS) is 13.2. The summed E-state index contributed by atoms with van der Waals surface area (Å²) in [5, 5.41) is 0. The second-order valence-electron chi connectivity index (χ2n) is 2.80. The van der Waals surface area contributed by atoms with Crippen molar-refractivity contribution in [2.75, 3.05) is 35.3 Å². The van der Waals surface area contributed by atoms with Gasteiger partial charge < -0.3 is 4.74 Å². The maximum absolute atomic E-state index is 12.1. The van der Waals surface area contributed by atoms with E-state index in [0.29, 0.717) is 0 Å². The summed E-state index contributed by atoms with van der Waals surface area (Å²) in [5.74, 6) is 1.58. The van der Waals surface area contributed by atoms with Crippen molar-refractivity contribution in [2.45, 2.75) is 0 Å². The summed E-state index contributed by atoms with van der Waals surface area (Å²) < 4.78 is 20.2. The predicted molar refractivity (Wildman–Crippen MR) is 51.1 cm³/mol. The molecule has 0 amide bonds. The van der Waals surface area contributed by atoms with Gasteiger partial charge in [-0.25, -0.2) is 9.34 Å². The highest BCUT2D eigenvalue weighted by Crippen LogP contribution is 2.50. The van der Waals surface area contributed by atoms with Crippen LogP contribution in [-0.4, -0.2) is 44.6 Å². The first-order valence-electron chi connectivity index (χ1n) is 3.61. The van der Waals surface area contributed by atoms with E-state index in [1.54, 1.807) is 43.3 Å². The Balaban J connectivity index is 4.64. The van der Waals surface area contributed by atoms with Gasteiger partial charge >= 0.3 is 0 Å². The third-order valence-corrected chi connectivity index (χ3v) is 4.34. The minimum atomic E-state index is -2.52. The van der Waals surface area contributed by atoms with Gasteiger partial charge in [-0.2, -0.15) is 0 Å². The highest BCUT2D eigenvalue weighted by molar-refractivity contribution is 7.62. The monoisotopic (exact) mass is 192 g/mol. The van der Waals surface area contributed by atoms with Gasteiger partial charge in [-0.1, -0.05) is 0 Å². The molecular weight excluding hydrogens is 175 g/mol. The summed E-state index contributed by atoms with van der Waals surface area (Å²) in [4.78, 5) is 0. The maximum atomic E-state index is 12.1. The molecule has 0 spiro atoms. The van der Waals surface area contributed by atoms with Crippen molar-refractivity contribution in [3.8, 4) is 0 Å². The van der Waals surface area contributed by atoms with Crippen LogP contribution >= 0.6 is 7.44 Å². The van der Waals surface area contributed by atoms with Gasteiger partial charge in [0.05, 0.1) is 13.4 Å². The second-order valence-corrected chi connectivity index (χ2v) is 5.88. The number of ether oxygens (including phenoxy) is 1. The predicted octanol–water partition coefficient (Wildman–Crippen LogP) is 1.42. The lowest BCUT2D eigenvalue weighted by molar-refractivity contribution is 0.337. The SMILES string of the molecule is CO/C=C/P(=O)(N(C)C)N(C)C. The molecule has 0 N–H and O–H groups in total. The molecule has 0 aromatic heterocycles. The molecule has 0 aliphatic carbocycles. The van der Waals surface area contributed by atoms with Crippen LogP contribution < -0.4 is 0 Å². The molecule has 5 heteroatoms. The van der Waals surface area contributed by atoms with Gasteiger partial charge in [-0.15, -0.1) is 0 Å². The quantitative estimate of drug-likeness (QED) is 0.498. The molecule has 0 radical (unpaired) electrons. The lowest BCUT2D eigenvalue weighted by Gasteiger charge is -2.27. The molecule has 0 aromatic rings. The first-order valence-corrected chi connectivity index (χ1v) is 5.29. The fraction of sp³-hybridized carbons (Fsp3) is 0.714. The lowest BCUT2D eigenvalue weighted by Crippen LogP contribution is -2.19. The summed E-state index contributed by atoms with van der Waals surface area (Å²) in [6.07, 6.45) is 1.45. The van der Waals surface area contributed by atoms with E-state index in [-0.39, 0.29) is 0 Å². The van der Waals surface area contributed by atoms with E-state index in [4.69, 9.17) is 4.74 Å². The van der Waals surface area contributed by atoms with Crippen LogP contribution in [0.2, 0.25) is 0 Å². The van der Waals surface area contributed by atoms with E-state index in [0.717, 1.165) is 0 Å². The van der Waals surface area contributed by atoms with Crippen molar-refractivity contribution >= 4 is 7.44 Å². The van der Waals surface area contributed by atoms with Crippen LogP contribution in [0.3, 0.4) is 0 Å². The van der Waals surface area contributed by atoms with Gasteiger partial charge in [-0.05, 0) is 28.2 Å². The topological polar surface area (TPSA) is 32.8 Å². The molecule has 0 fully saturated rings. The number of rotatable bonds is 4. The Morgan fingerprint density at radius 1 is 1.17 bits per heavy atom. The molecule has 12 heavy (non-hydrogen) atoms. The second kappa shape index (κ2) is 4.65.